The number of anilines is 1. The van der Waals surface area contributed by atoms with E-state index in [4.69, 9.17) is 9.47 Å². The summed E-state index contributed by atoms with van der Waals surface area (Å²) < 4.78 is 10.5. The minimum absolute atomic E-state index is 0.0497. The lowest BCUT2D eigenvalue weighted by atomic mass is 10.0. The Labute approximate surface area is 124 Å². The van der Waals surface area contributed by atoms with Crippen LogP contribution in [0, 0.1) is 0 Å². The number of benzene rings is 1. The Hall–Kier alpha value is -1.63. The minimum Gasteiger partial charge on any atom is -0.491 e. The van der Waals surface area contributed by atoms with Gasteiger partial charge in [-0.2, -0.15) is 0 Å². The van der Waals surface area contributed by atoms with Crippen LogP contribution in [0.15, 0.2) is 18.2 Å². The number of hydrogen-bond donors (Lipinski definition) is 3. The number of hydrogen-bond acceptors (Lipinski definition) is 5. The summed E-state index contributed by atoms with van der Waals surface area (Å²) in [5, 5.41) is 15.7. The maximum Gasteiger partial charge on any atom is 0.224 e. The summed E-state index contributed by atoms with van der Waals surface area (Å²) in [4.78, 5) is 11.3. The first-order valence-electron chi connectivity index (χ1n) is 7.12. The highest BCUT2D eigenvalue weighted by molar-refractivity contribution is 5.93. The number of nitrogens with one attached hydrogen (secondary N) is 2. The molecule has 0 spiro atoms. The molecule has 21 heavy (non-hydrogen) atoms. The Morgan fingerprint density at radius 3 is 3.10 bits per heavy atom. The van der Waals surface area contributed by atoms with E-state index in [0.29, 0.717) is 31.9 Å². The molecule has 1 aliphatic rings. The number of ether oxygens (including phenoxy) is 2. The van der Waals surface area contributed by atoms with E-state index in [-0.39, 0.29) is 12.5 Å². The molecule has 1 heterocycles. The Kier molecular flexibility index (Phi) is 5.98. The SMILES string of the molecule is COCCNC[C@H](O)COc1ccc2c(c1)CCC(=O)N2. The fourth-order valence-corrected chi connectivity index (χ4v) is 2.14. The molecule has 0 saturated carbocycles. The molecule has 1 amide bonds. The predicted octanol–water partition coefficient (Wildman–Crippen LogP) is 0.547. The monoisotopic (exact) mass is 294 g/mol. The van der Waals surface area contributed by atoms with Gasteiger partial charge in [-0.05, 0) is 30.2 Å². The fraction of sp³-hybridized carbons (Fsp3) is 0.533. The first kappa shape index (κ1) is 15.8. The molecule has 0 unspecified atom stereocenters. The second-order valence-corrected chi connectivity index (χ2v) is 5.03. The summed E-state index contributed by atoms with van der Waals surface area (Å²) in [5.74, 6) is 0.759. The van der Waals surface area contributed by atoms with Crippen LogP contribution < -0.4 is 15.4 Å². The third kappa shape index (κ3) is 5.00. The zero-order chi connectivity index (χ0) is 15.1. The van der Waals surface area contributed by atoms with E-state index in [2.05, 4.69) is 10.6 Å². The summed E-state index contributed by atoms with van der Waals surface area (Å²) in [6.45, 7) is 2.01. The molecule has 0 radical (unpaired) electrons. The maximum atomic E-state index is 11.3. The standard InChI is InChI=1S/C15H22N2O4/c1-20-7-6-16-9-12(18)10-21-13-3-4-14-11(8-13)2-5-15(19)17-14/h3-4,8,12,16,18H,2,5-7,9-10H2,1H3,(H,17,19)/t12-/m0/s1. The molecule has 1 aromatic rings. The third-order valence-corrected chi connectivity index (χ3v) is 3.28. The van der Waals surface area contributed by atoms with E-state index < -0.39 is 6.10 Å². The van der Waals surface area contributed by atoms with Crippen LogP contribution >= 0.6 is 0 Å². The summed E-state index contributed by atoms with van der Waals surface area (Å²) in [6, 6.07) is 5.56. The van der Waals surface area contributed by atoms with Gasteiger partial charge < -0.3 is 25.2 Å². The number of methoxy groups -OCH3 is 1. The largest absolute Gasteiger partial charge is 0.491 e. The first-order chi connectivity index (χ1) is 10.2. The summed E-state index contributed by atoms with van der Waals surface area (Å²) >= 11 is 0. The molecule has 116 valence electrons. The number of fused-ring (bicyclic) bond motifs is 1. The van der Waals surface area contributed by atoms with E-state index in [1.54, 1.807) is 13.2 Å². The molecule has 0 fully saturated rings. The van der Waals surface area contributed by atoms with Crippen molar-refractivity contribution >= 4 is 11.6 Å². The minimum atomic E-state index is -0.572. The van der Waals surface area contributed by atoms with Crippen LogP contribution in [0.5, 0.6) is 5.75 Å². The van der Waals surface area contributed by atoms with Gasteiger partial charge >= 0.3 is 0 Å². The molecule has 2 rings (SSSR count). The number of aliphatic hydroxyl groups is 1. The number of amides is 1. The Morgan fingerprint density at radius 1 is 1.43 bits per heavy atom. The van der Waals surface area contributed by atoms with E-state index >= 15 is 0 Å². The smallest absolute Gasteiger partial charge is 0.224 e. The van der Waals surface area contributed by atoms with Crippen molar-refractivity contribution in [3.8, 4) is 5.75 Å². The topological polar surface area (TPSA) is 79.8 Å². The highest BCUT2D eigenvalue weighted by Crippen LogP contribution is 2.26. The lowest BCUT2D eigenvalue weighted by molar-refractivity contribution is -0.116. The van der Waals surface area contributed by atoms with Crippen molar-refractivity contribution in [2.24, 2.45) is 0 Å². The molecular weight excluding hydrogens is 272 g/mol. The normalized spacial score (nSPS) is 15.2. The Balaban J connectivity index is 1.77. The Bertz CT molecular complexity index is 479. The summed E-state index contributed by atoms with van der Waals surface area (Å²) in [7, 11) is 1.64. The van der Waals surface area contributed by atoms with Crippen LogP contribution in [0.2, 0.25) is 0 Å². The van der Waals surface area contributed by atoms with Crippen molar-refractivity contribution < 1.29 is 19.4 Å². The van der Waals surface area contributed by atoms with Crippen LogP contribution in [0.4, 0.5) is 5.69 Å². The number of aliphatic hydroxyl groups excluding tert-OH is 1. The van der Waals surface area contributed by atoms with Crippen LogP contribution in [-0.4, -0.2) is 50.5 Å². The molecule has 0 bridgehead atoms. The van der Waals surface area contributed by atoms with Crippen molar-refractivity contribution in [1.29, 1.82) is 0 Å². The van der Waals surface area contributed by atoms with Crippen molar-refractivity contribution in [2.75, 3.05) is 38.7 Å². The zero-order valence-electron chi connectivity index (χ0n) is 12.2. The van der Waals surface area contributed by atoms with Crippen molar-refractivity contribution in [1.82, 2.24) is 5.32 Å². The maximum absolute atomic E-state index is 11.3. The lowest BCUT2D eigenvalue weighted by Gasteiger charge is -2.18. The average Bonchev–Trinajstić information content (AvgIpc) is 2.49. The van der Waals surface area contributed by atoms with Gasteiger partial charge in [-0.3, -0.25) is 4.79 Å². The average molecular weight is 294 g/mol. The van der Waals surface area contributed by atoms with Crippen LogP contribution in [-0.2, 0) is 16.0 Å². The van der Waals surface area contributed by atoms with Gasteiger partial charge in [0.05, 0.1) is 6.61 Å². The Morgan fingerprint density at radius 2 is 2.29 bits per heavy atom. The molecule has 1 atom stereocenters. The van der Waals surface area contributed by atoms with Gasteiger partial charge in [-0.15, -0.1) is 0 Å². The number of carbonyl (C=O) groups excluding carboxylic acids is 1. The van der Waals surface area contributed by atoms with Gasteiger partial charge in [0.2, 0.25) is 5.91 Å². The third-order valence-electron chi connectivity index (χ3n) is 3.28. The fourth-order valence-electron chi connectivity index (χ4n) is 2.14. The number of aryl methyl sites for hydroxylation is 1. The highest BCUT2D eigenvalue weighted by Gasteiger charge is 2.15. The van der Waals surface area contributed by atoms with E-state index in [0.717, 1.165) is 17.7 Å². The first-order valence-corrected chi connectivity index (χ1v) is 7.12. The number of rotatable bonds is 8. The van der Waals surface area contributed by atoms with Gasteiger partial charge in [-0.25, -0.2) is 0 Å². The number of carbonyl (C=O) groups is 1. The molecule has 0 aromatic heterocycles. The van der Waals surface area contributed by atoms with Gasteiger partial charge in [0.15, 0.2) is 0 Å². The van der Waals surface area contributed by atoms with Crippen molar-refractivity contribution in [3.63, 3.8) is 0 Å². The summed E-state index contributed by atoms with van der Waals surface area (Å²) in [6.07, 6.45) is 0.653. The quantitative estimate of drug-likeness (QED) is 0.610. The van der Waals surface area contributed by atoms with Crippen LogP contribution in [0.25, 0.3) is 0 Å². The molecule has 6 nitrogen and oxygen atoms in total. The second-order valence-electron chi connectivity index (χ2n) is 5.03. The van der Waals surface area contributed by atoms with E-state index in [1.807, 2.05) is 12.1 Å². The molecule has 6 heteroatoms. The lowest BCUT2D eigenvalue weighted by Crippen LogP contribution is -2.33. The van der Waals surface area contributed by atoms with Gasteiger partial charge in [0.25, 0.3) is 0 Å². The molecule has 3 N–H and O–H groups in total. The second kappa shape index (κ2) is 7.97. The van der Waals surface area contributed by atoms with Gasteiger partial charge in [0.1, 0.15) is 18.5 Å². The van der Waals surface area contributed by atoms with Gasteiger partial charge in [-0.1, -0.05) is 0 Å². The highest BCUT2D eigenvalue weighted by atomic mass is 16.5. The van der Waals surface area contributed by atoms with Crippen LogP contribution in [0.3, 0.4) is 0 Å². The van der Waals surface area contributed by atoms with Crippen molar-refractivity contribution in [3.05, 3.63) is 23.8 Å². The molecule has 0 saturated heterocycles. The van der Waals surface area contributed by atoms with Gasteiger partial charge in [0, 0.05) is 32.3 Å². The summed E-state index contributed by atoms with van der Waals surface area (Å²) in [5.41, 5.74) is 1.92. The molecule has 1 aromatic carbocycles. The molecule has 1 aliphatic heterocycles. The van der Waals surface area contributed by atoms with E-state index in [9.17, 15) is 9.90 Å². The molecule has 0 aliphatic carbocycles. The van der Waals surface area contributed by atoms with Crippen LogP contribution in [0.1, 0.15) is 12.0 Å². The van der Waals surface area contributed by atoms with Crippen molar-refractivity contribution in [2.45, 2.75) is 18.9 Å². The van der Waals surface area contributed by atoms with E-state index in [1.165, 1.54) is 0 Å². The molecular formula is C15H22N2O4. The predicted molar refractivity (Wildman–Crippen MR) is 79.6 cm³/mol. The zero-order valence-corrected chi connectivity index (χ0v) is 12.2.